The van der Waals surface area contributed by atoms with Crippen molar-refractivity contribution >= 4 is 0 Å². The van der Waals surface area contributed by atoms with Crippen LogP contribution in [0, 0.1) is 6.17 Å². The molecule has 0 unspecified atom stereocenters. The van der Waals surface area contributed by atoms with Gasteiger partial charge in [-0.2, -0.15) is 0 Å². The minimum atomic E-state index is -0.743. The standard InChI is InChI=1S/C6H5F2/c7-5-3-1-2-4-6(5)8/h1-3H,4H2. The highest BCUT2D eigenvalue weighted by molar-refractivity contribution is 5.24. The second-order valence-corrected chi connectivity index (χ2v) is 1.55. The molecule has 0 aromatic carbocycles. The molecule has 0 heterocycles. The van der Waals surface area contributed by atoms with Crippen molar-refractivity contribution in [2.75, 3.05) is 0 Å². The van der Waals surface area contributed by atoms with E-state index in [0.717, 1.165) is 6.08 Å². The lowest BCUT2D eigenvalue weighted by atomic mass is 10.1. The van der Waals surface area contributed by atoms with Crippen molar-refractivity contribution in [3.8, 4) is 0 Å². The zero-order valence-electron chi connectivity index (χ0n) is 4.20. The van der Waals surface area contributed by atoms with Crippen LogP contribution < -0.4 is 0 Å². The smallest absolute Gasteiger partial charge is 0.205 e. The fraction of sp³-hybridized carbons (Fsp3) is 0.167. The van der Waals surface area contributed by atoms with Gasteiger partial charge < -0.3 is 0 Å². The lowest BCUT2D eigenvalue weighted by Crippen LogP contribution is -1.90. The normalized spacial score (nSPS) is 21.0. The van der Waals surface area contributed by atoms with Crippen LogP contribution in [-0.4, -0.2) is 0 Å². The second-order valence-electron chi connectivity index (χ2n) is 1.55. The van der Waals surface area contributed by atoms with Crippen LogP contribution in [0.4, 0.5) is 8.78 Å². The van der Waals surface area contributed by atoms with Crippen LogP contribution in [0.25, 0.3) is 0 Å². The molecule has 43 valence electrons. The Morgan fingerprint density at radius 2 is 2.12 bits per heavy atom. The summed E-state index contributed by atoms with van der Waals surface area (Å²) in [6.07, 6.45) is 3.60. The van der Waals surface area contributed by atoms with Gasteiger partial charge in [0, 0.05) is 6.42 Å². The maximum atomic E-state index is 12.0. The fourth-order valence-electron chi connectivity index (χ4n) is 0.512. The van der Waals surface area contributed by atoms with Crippen molar-refractivity contribution in [1.82, 2.24) is 0 Å². The van der Waals surface area contributed by atoms with Gasteiger partial charge in [-0.1, -0.05) is 12.2 Å². The summed E-state index contributed by atoms with van der Waals surface area (Å²) >= 11 is 0. The van der Waals surface area contributed by atoms with Gasteiger partial charge in [0.25, 0.3) is 0 Å². The first kappa shape index (κ1) is 5.48. The Morgan fingerprint density at radius 3 is 2.50 bits per heavy atom. The average molecular weight is 115 g/mol. The summed E-state index contributed by atoms with van der Waals surface area (Å²) in [5.41, 5.74) is 0. The molecular formula is C6H5F2. The molecule has 0 bridgehead atoms. The lowest BCUT2D eigenvalue weighted by molar-refractivity contribution is 0.438. The van der Waals surface area contributed by atoms with E-state index < -0.39 is 12.0 Å². The number of hydrogen-bond acceptors (Lipinski definition) is 0. The molecule has 2 heteroatoms. The van der Waals surface area contributed by atoms with E-state index in [4.69, 9.17) is 0 Å². The first-order valence-corrected chi connectivity index (χ1v) is 2.35. The van der Waals surface area contributed by atoms with Gasteiger partial charge >= 0.3 is 0 Å². The Labute approximate surface area is 46.5 Å². The van der Waals surface area contributed by atoms with Crippen LogP contribution in [0.15, 0.2) is 24.1 Å². The summed E-state index contributed by atoms with van der Waals surface area (Å²) in [5, 5.41) is 0. The topological polar surface area (TPSA) is 0 Å². The van der Waals surface area contributed by atoms with Crippen molar-refractivity contribution in [1.29, 1.82) is 0 Å². The Morgan fingerprint density at radius 1 is 1.38 bits per heavy atom. The lowest BCUT2D eigenvalue weighted by Gasteiger charge is -2.01. The van der Waals surface area contributed by atoms with E-state index in [1.54, 1.807) is 6.08 Å². The average Bonchev–Trinajstić information content (AvgIpc) is 1.77. The SMILES string of the molecule is F[C]1CC=CC=C1F. The van der Waals surface area contributed by atoms with Gasteiger partial charge in [0.2, 0.25) is 6.17 Å². The molecule has 1 aliphatic carbocycles. The Balaban J connectivity index is 2.66. The highest BCUT2D eigenvalue weighted by Gasteiger charge is 2.13. The third-order valence-electron chi connectivity index (χ3n) is 0.935. The summed E-state index contributed by atoms with van der Waals surface area (Å²) in [7, 11) is 0. The number of halogens is 2. The molecular weight excluding hydrogens is 110 g/mol. The minimum absolute atomic E-state index is 0.0995. The minimum Gasteiger partial charge on any atom is -0.232 e. The van der Waals surface area contributed by atoms with E-state index in [2.05, 4.69) is 0 Å². The van der Waals surface area contributed by atoms with E-state index in [1.165, 1.54) is 6.08 Å². The van der Waals surface area contributed by atoms with E-state index in [9.17, 15) is 8.78 Å². The quantitative estimate of drug-likeness (QED) is 0.454. The predicted octanol–water partition coefficient (Wildman–Crippen LogP) is 2.30. The summed E-state index contributed by atoms with van der Waals surface area (Å²) in [5.74, 6) is -0.743. The molecule has 0 amide bonds. The molecule has 0 aromatic rings. The number of hydrogen-bond donors (Lipinski definition) is 0. The molecule has 0 saturated carbocycles. The molecule has 1 rings (SSSR count). The highest BCUT2D eigenvalue weighted by atomic mass is 19.2. The second kappa shape index (κ2) is 2.07. The fourth-order valence-corrected chi connectivity index (χ4v) is 0.512. The van der Waals surface area contributed by atoms with Crippen molar-refractivity contribution in [2.24, 2.45) is 0 Å². The Bertz CT molecular complexity index is 135. The van der Waals surface area contributed by atoms with Gasteiger partial charge in [-0.3, -0.25) is 0 Å². The van der Waals surface area contributed by atoms with E-state index >= 15 is 0 Å². The first-order chi connectivity index (χ1) is 3.80. The number of allylic oxidation sites excluding steroid dienone is 4. The maximum Gasteiger partial charge on any atom is 0.205 e. The van der Waals surface area contributed by atoms with Gasteiger partial charge in [-0.15, -0.1) is 0 Å². The molecule has 0 aromatic heterocycles. The van der Waals surface area contributed by atoms with Crippen molar-refractivity contribution in [2.45, 2.75) is 6.42 Å². The van der Waals surface area contributed by atoms with Crippen molar-refractivity contribution in [3.63, 3.8) is 0 Å². The van der Waals surface area contributed by atoms with Crippen LogP contribution in [0.3, 0.4) is 0 Å². The molecule has 1 radical (unpaired) electrons. The van der Waals surface area contributed by atoms with Gasteiger partial charge in [0.15, 0.2) is 0 Å². The van der Waals surface area contributed by atoms with E-state index in [0.29, 0.717) is 0 Å². The first-order valence-electron chi connectivity index (χ1n) is 2.35. The molecule has 0 spiro atoms. The largest absolute Gasteiger partial charge is 0.232 e. The monoisotopic (exact) mass is 115 g/mol. The van der Waals surface area contributed by atoms with Crippen LogP contribution in [0.2, 0.25) is 0 Å². The van der Waals surface area contributed by atoms with Gasteiger partial charge in [0.1, 0.15) is 5.83 Å². The third-order valence-corrected chi connectivity index (χ3v) is 0.935. The van der Waals surface area contributed by atoms with Gasteiger partial charge in [-0.05, 0) is 6.08 Å². The summed E-state index contributed by atoms with van der Waals surface area (Å²) in [6.45, 7) is 0. The molecule has 8 heavy (non-hydrogen) atoms. The Hall–Kier alpha value is -0.660. The molecule has 0 fully saturated rings. The van der Waals surface area contributed by atoms with Gasteiger partial charge in [-0.25, -0.2) is 8.78 Å². The molecule has 0 N–H and O–H groups in total. The summed E-state index contributed by atoms with van der Waals surface area (Å²) in [4.78, 5) is 0. The van der Waals surface area contributed by atoms with Crippen molar-refractivity contribution in [3.05, 3.63) is 30.2 Å². The molecule has 0 nitrogen and oxygen atoms in total. The molecule has 1 aliphatic rings. The summed E-state index contributed by atoms with van der Waals surface area (Å²) in [6, 6.07) is 0. The third kappa shape index (κ3) is 0.941. The Kier molecular flexibility index (Phi) is 1.42. The summed E-state index contributed by atoms with van der Waals surface area (Å²) < 4.78 is 24.0. The van der Waals surface area contributed by atoms with Crippen LogP contribution >= 0.6 is 0 Å². The molecule has 0 saturated heterocycles. The zero-order valence-corrected chi connectivity index (χ0v) is 4.20. The molecule has 0 aliphatic heterocycles. The van der Waals surface area contributed by atoms with Crippen LogP contribution in [0.1, 0.15) is 6.42 Å². The maximum absolute atomic E-state index is 12.0. The van der Waals surface area contributed by atoms with E-state index in [1.807, 2.05) is 0 Å². The van der Waals surface area contributed by atoms with Crippen LogP contribution in [0.5, 0.6) is 0 Å². The van der Waals surface area contributed by atoms with Crippen molar-refractivity contribution < 1.29 is 8.78 Å². The van der Waals surface area contributed by atoms with Crippen LogP contribution in [-0.2, 0) is 0 Å². The number of rotatable bonds is 0. The van der Waals surface area contributed by atoms with E-state index in [-0.39, 0.29) is 6.42 Å². The predicted molar refractivity (Wildman–Crippen MR) is 27.3 cm³/mol. The zero-order chi connectivity index (χ0) is 5.98. The van der Waals surface area contributed by atoms with Gasteiger partial charge in [0.05, 0.1) is 0 Å². The highest BCUT2D eigenvalue weighted by Crippen LogP contribution is 2.23. The molecule has 0 atom stereocenters.